The number of hydrogen-bond acceptors (Lipinski definition) is 5. The lowest BCUT2D eigenvalue weighted by Gasteiger charge is -2.29. The van der Waals surface area contributed by atoms with Crippen LogP contribution in [0.3, 0.4) is 0 Å². The van der Waals surface area contributed by atoms with E-state index in [1.807, 2.05) is 6.07 Å². The molecule has 0 saturated heterocycles. The molecule has 36 heavy (non-hydrogen) atoms. The zero-order valence-corrected chi connectivity index (χ0v) is 20.8. The average Bonchev–Trinajstić information content (AvgIpc) is 3.24. The predicted molar refractivity (Wildman–Crippen MR) is 133 cm³/mol. The maximum Gasteiger partial charge on any atom is 0.234 e. The molecule has 0 bridgehead atoms. The third-order valence-electron chi connectivity index (χ3n) is 7.06. The van der Waals surface area contributed by atoms with E-state index in [2.05, 4.69) is 26.9 Å². The number of aromatic nitrogens is 5. The second kappa shape index (κ2) is 9.55. The Bertz CT molecular complexity index is 1470. The molecule has 6 nitrogen and oxygen atoms in total. The molecule has 4 aromatic rings. The molecular weight excluding hydrogens is 482 g/mol. The van der Waals surface area contributed by atoms with Crippen molar-refractivity contribution in [1.29, 1.82) is 5.26 Å². The van der Waals surface area contributed by atoms with Gasteiger partial charge in [0.15, 0.2) is 17.1 Å². The van der Waals surface area contributed by atoms with E-state index in [0.717, 1.165) is 25.7 Å². The van der Waals surface area contributed by atoms with Gasteiger partial charge in [-0.3, -0.25) is 4.98 Å². The molecule has 184 valence electrons. The molecule has 1 aliphatic rings. The zero-order chi connectivity index (χ0) is 25.4. The molecule has 1 atom stereocenters. The average molecular weight is 507 g/mol. The molecule has 5 rings (SSSR count). The van der Waals surface area contributed by atoms with Crippen molar-refractivity contribution in [2.24, 2.45) is 11.8 Å². The molecule has 1 aliphatic carbocycles. The van der Waals surface area contributed by atoms with Gasteiger partial charge in [0, 0.05) is 30.1 Å². The van der Waals surface area contributed by atoms with Crippen molar-refractivity contribution in [3.63, 3.8) is 0 Å². The van der Waals surface area contributed by atoms with Crippen molar-refractivity contribution in [3.05, 3.63) is 70.8 Å². The topological polar surface area (TPSA) is 80.3 Å². The summed E-state index contributed by atoms with van der Waals surface area (Å²) in [6.45, 7) is 4.03. The van der Waals surface area contributed by atoms with Crippen LogP contribution in [0.25, 0.3) is 22.4 Å². The van der Waals surface area contributed by atoms with Crippen molar-refractivity contribution in [1.82, 2.24) is 24.5 Å². The van der Waals surface area contributed by atoms with Crippen molar-refractivity contribution < 1.29 is 8.78 Å². The SMILES string of the molecule is CC(F)(c1ccccc1F)c1nc2nc(C#N)nc(-c3cncc(Cl)c3)c2n1C[C@H]1CC[C@H](C)CC1. The minimum Gasteiger partial charge on any atom is -0.322 e. The van der Waals surface area contributed by atoms with Crippen molar-refractivity contribution >= 4 is 22.8 Å². The molecular formula is C27H25ClF2N6. The van der Waals surface area contributed by atoms with Crippen LogP contribution in [-0.2, 0) is 12.2 Å². The first-order valence-electron chi connectivity index (χ1n) is 12.0. The molecule has 3 heterocycles. The molecule has 3 aromatic heterocycles. The van der Waals surface area contributed by atoms with Crippen LogP contribution < -0.4 is 0 Å². The first kappa shape index (κ1) is 24.3. The second-order valence-corrected chi connectivity index (χ2v) is 10.2. The lowest BCUT2D eigenvalue weighted by molar-refractivity contribution is 0.209. The monoisotopic (exact) mass is 506 g/mol. The van der Waals surface area contributed by atoms with Crippen LogP contribution in [0.5, 0.6) is 0 Å². The Kier molecular flexibility index (Phi) is 6.44. The number of alkyl halides is 1. The minimum absolute atomic E-state index is 0.0295. The Labute approximate surface area is 213 Å². The Hall–Kier alpha value is -3.44. The third-order valence-corrected chi connectivity index (χ3v) is 7.26. The van der Waals surface area contributed by atoms with Crippen LogP contribution in [0.15, 0.2) is 42.7 Å². The standard InChI is InChI=1S/C27H25ClF2N6/c1-16-7-9-17(10-8-16)15-36-24-23(18-11-19(28)14-32-13-18)33-22(12-31)34-25(24)35-26(36)27(2,30)20-5-3-4-6-21(20)29/h3-6,11,13-14,16-17H,7-10,15H2,1-2H3/t16-,17-,27?. The number of fused-ring (bicyclic) bond motifs is 1. The fourth-order valence-corrected chi connectivity index (χ4v) is 5.27. The van der Waals surface area contributed by atoms with Crippen LogP contribution >= 0.6 is 11.6 Å². The highest BCUT2D eigenvalue weighted by Crippen LogP contribution is 2.40. The highest BCUT2D eigenvalue weighted by molar-refractivity contribution is 6.30. The predicted octanol–water partition coefficient (Wildman–Crippen LogP) is 6.61. The van der Waals surface area contributed by atoms with Gasteiger partial charge in [0.2, 0.25) is 5.82 Å². The lowest BCUT2D eigenvalue weighted by Crippen LogP contribution is -2.27. The van der Waals surface area contributed by atoms with Gasteiger partial charge in [0.1, 0.15) is 23.1 Å². The van der Waals surface area contributed by atoms with Crippen LogP contribution in [0.4, 0.5) is 8.78 Å². The highest BCUT2D eigenvalue weighted by atomic mass is 35.5. The normalized spacial score (nSPS) is 19.7. The first-order valence-corrected chi connectivity index (χ1v) is 12.4. The number of pyridine rings is 1. The van der Waals surface area contributed by atoms with Crippen molar-refractivity contribution in [2.45, 2.75) is 51.7 Å². The summed E-state index contributed by atoms with van der Waals surface area (Å²) in [4.78, 5) is 17.5. The summed E-state index contributed by atoms with van der Waals surface area (Å²) >= 11 is 6.21. The van der Waals surface area contributed by atoms with Gasteiger partial charge in [-0.15, -0.1) is 0 Å². The molecule has 0 aliphatic heterocycles. The van der Waals surface area contributed by atoms with Gasteiger partial charge < -0.3 is 4.57 Å². The van der Waals surface area contributed by atoms with E-state index in [9.17, 15) is 9.65 Å². The second-order valence-electron chi connectivity index (χ2n) is 9.73. The summed E-state index contributed by atoms with van der Waals surface area (Å²) in [5.74, 6) is 0.207. The molecule has 1 fully saturated rings. The molecule has 0 radical (unpaired) electrons. The van der Waals surface area contributed by atoms with E-state index in [1.54, 1.807) is 22.9 Å². The number of imidazole rings is 1. The largest absolute Gasteiger partial charge is 0.322 e. The van der Waals surface area contributed by atoms with Crippen LogP contribution in [0, 0.1) is 29.0 Å². The van der Waals surface area contributed by atoms with Gasteiger partial charge in [-0.2, -0.15) is 10.2 Å². The van der Waals surface area contributed by atoms with E-state index in [1.165, 1.54) is 31.3 Å². The first-order chi connectivity index (χ1) is 17.3. The molecule has 1 saturated carbocycles. The summed E-state index contributed by atoms with van der Waals surface area (Å²) in [6.07, 6.45) is 7.25. The van der Waals surface area contributed by atoms with Crippen LogP contribution in [0.1, 0.15) is 56.7 Å². The molecule has 1 aromatic carbocycles. The number of nitriles is 1. The molecule has 0 N–H and O–H groups in total. The van der Waals surface area contributed by atoms with Crippen LogP contribution in [0.2, 0.25) is 5.02 Å². The molecule has 0 spiro atoms. The maximum atomic E-state index is 16.6. The van der Waals surface area contributed by atoms with E-state index < -0.39 is 11.5 Å². The van der Waals surface area contributed by atoms with Gasteiger partial charge in [-0.1, -0.05) is 49.6 Å². The summed E-state index contributed by atoms with van der Waals surface area (Å²) in [5, 5.41) is 9.98. The van der Waals surface area contributed by atoms with Crippen molar-refractivity contribution in [2.75, 3.05) is 0 Å². The minimum atomic E-state index is -2.26. The van der Waals surface area contributed by atoms with E-state index in [4.69, 9.17) is 11.6 Å². The van der Waals surface area contributed by atoms with E-state index in [0.29, 0.717) is 34.3 Å². The Morgan fingerprint density at radius 1 is 1.14 bits per heavy atom. The summed E-state index contributed by atoms with van der Waals surface area (Å²) in [5.41, 5.74) is -0.771. The lowest BCUT2D eigenvalue weighted by atomic mass is 9.83. The van der Waals surface area contributed by atoms with Gasteiger partial charge in [-0.25, -0.2) is 18.7 Å². The highest BCUT2D eigenvalue weighted by Gasteiger charge is 2.38. The smallest absolute Gasteiger partial charge is 0.234 e. The Morgan fingerprint density at radius 3 is 2.58 bits per heavy atom. The zero-order valence-electron chi connectivity index (χ0n) is 20.0. The summed E-state index contributed by atoms with van der Waals surface area (Å²) < 4.78 is 33.2. The number of rotatable bonds is 5. The molecule has 0 amide bonds. The van der Waals surface area contributed by atoms with Crippen LogP contribution in [-0.4, -0.2) is 24.5 Å². The maximum absolute atomic E-state index is 16.6. The van der Waals surface area contributed by atoms with Gasteiger partial charge >= 0.3 is 0 Å². The van der Waals surface area contributed by atoms with Crippen molar-refractivity contribution in [3.8, 4) is 17.3 Å². The number of halogens is 3. The molecule has 9 heteroatoms. The van der Waals surface area contributed by atoms with Gasteiger partial charge in [0.25, 0.3) is 0 Å². The van der Waals surface area contributed by atoms with E-state index >= 15 is 4.39 Å². The van der Waals surface area contributed by atoms with E-state index in [-0.39, 0.29) is 28.8 Å². The van der Waals surface area contributed by atoms with Gasteiger partial charge in [0.05, 0.1) is 5.02 Å². The number of nitrogens with zero attached hydrogens (tertiary/aromatic N) is 6. The third kappa shape index (κ3) is 4.44. The summed E-state index contributed by atoms with van der Waals surface area (Å²) in [7, 11) is 0. The fourth-order valence-electron chi connectivity index (χ4n) is 5.10. The number of hydrogen-bond donors (Lipinski definition) is 0. The Balaban J connectivity index is 1.78. The van der Waals surface area contributed by atoms with Gasteiger partial charge in [-0.05, 0) is 43.7 Å². The summed E-state index contributed by atoms with van der Waals surface area (Å²) in [6, 6.07) is 9.43. The molecule has 1 unspecified atom stereocenters. The Morgan fingerprint density at radius 2 is 1.89 bits per heavy atom. The number of benzene rings is 1. The quantitative estimate of drug-likeness (QED) is 0.304. The fraction of sp³-hybridized carbons (Fsp3) is 0.370.